The van der Waals surface area contributed by atoms with Crippen LogP contribution in [-0.4, -0.2) is 48.6 Å². The van der Waals surface area contributed by atoms with Crippen LogP contribution in [0.4, 0.5) is 0 Å². The zero-order valence-electron chi connectivity index (χ0n) is 13.9. The van der Waals surface area contributed by atoms with Gasteiger partial charge in [-0.25, -0.2) is 0 Å². The Bertz CT molecular complexity index is 333. The standard InChI is InChI=1S/C11H21NO4.C4H10N2.Pt/c1-3-12(4-2)7-5-6-9(11(15)16)8-10(13)14;5-3-1-2-4(3)6;/h9H,3-8H2,1-2H3,(H,13,14)(H,15,16);3-4H,1-2,5-6H2;/q;;+2/p-2. The van der Waals surface area contributed by atoms with Crippen LogP contribution in [0.25, 0.3) is 0 Å². The van der Waals surface area contributed by atoms with Gasteiger partial charge in [0.2, 0.25) is 0 Å². The normalized spacial score (nSPS) is 20.6. The number of nitrogens with two attached hydrogens (primary N) is 2. The zero-order chi connectivity index (χ0) is 17.1. The van der Waals surface area contributed by atoms with E-state index < -0.39 is 24.3 Å². The van der Waals surface area contributed by atoms with Gasteiger partial charge >= 0.3 is 21.1 Å². The monoisotopic (exact) mass is 510 g/mol. The Labute approximate surface area is 153 Å². The Morgan fingerprint density at radius 3 is 1.87 bits per heavy atom. The van der Waals surface area contributed by atoms with Crippen molar-refractivity contribution in [1.82, 2.24) is 4.90 Å². The molecule has 0 heterocycles. The molecule has 1 fully saturated rings. The van der Waals surface area contributed by atoms with Crippen LogP contribution in [-0.2, 0) is 30.7 Å². The van der Waals surface area contributed by atoms with Crippen LogP contribution in [0.15, 0.2) is 0 Å². The second-order valence-corrected chi connectivity index (χ2v) is 5.67. The van der Waals surface area contributed by atoms with Crippen molar-refractivity contribution in [2.75, 3.05) is 19.6 Å². The minimum atomic E-state index is -1.34. The first-order valence-corrected chi connectivity index (χ1v) is 7.95. The molecule has 23 heavy (non-hydrogen) atoms. The first kappa shape index (κ1) is 24.8. The first-order valence-electron chi connectivity index (χ1n) is 7.95. The van der Waals surface area contributed by atoms with Gasteiger partial charge in [-0.05, 0) is 51.7 Å². The van der Waals surface area contributed by atoms with E-state index >= 15 is 0 Å². The molecular formula is C15H29N3O4Pt. The van der Waals surface area contributed by atoms with Gasteiger partial charge in [-0.15, -0.1) is 0 Å². The van der Waals surface area contributed by atoms with Crippen molar-refractivity contribution in [3.63, 3.8) is 0 Å². The average Bonchev–Trinajstić information content (AvgIpc) is 2.48. The van der Waals surface area contributed by atoms with Crippen LogP contribution in [0.2, 0.25) is 0 Å². The predicted octanol–water partition coefficient (Wildman–Crippen LogP) is -1.95. The second kappa shape index (κ2) is 13.9. The van der Waals surface area contributed by atoms with Crippen molar-refractivity contribution in [3.8, 4) is 0 Å². The molecular weight excluding hydrogens is 481 g/mol. The van der Waals surface area contributed by atoms with E-state index in [4.69, 9.17) is 11.5 Å². The fourth-order valence-electron chi connectivity index (χ4n) is 2.16. The minimum Gasteiger partial charge on any atom is -0.550 e. The average molecular weight is 510 g/mol. The molecule has 1 saturated carbocycles. The molecule has 0 aromatic heterocycles. The number of nitrogens with zero attached hydrogens (tertiary/aromatic N) is 1. The third kappa shape index (κ3) is 11.6. The molecule has 0 aromatic rings. The number of hydrogen-bond donors (Lipinski definition) is 2. The molecule has 7 nitrogen and oxygen atoms in total. The van der Waals surface area contributed by atoms with Gasteiger partial charge in [-0.3, -0.25) is 0 Å². The number of hydrogen-bond acceptors (Lipinski definition) is 7. The molecule has 1 aliphatic carbocycles. The summed E-state index contributed by atoms with van der Waals surface area (Å²) in [6, 6.07) is 0.620. The number of carbonyl (C=O) groups excluding carboxylic acids is 2. The van der Waals surface area contributed by atoms with Gasteiger partial charge in [0, 0.05) is 29.9 Å². The van der Waals surface area contributed by atoms with Crippen molar-refractivity contribution in [2.24, 2.45) is 17.4 Å². The van der Waals surface area contributed by atoms with Crippen molar-refractivity contribution < 1.29 is 40.9 Å². The number of aliphatic carboxylic acids is 2. The van der Waals surface area contributed by atoms with Gasteiger partial charge in [0.25, 0.3) is 0 Å². The Balaban J connectivity index is 0. The Hall–Kier alpha value is -0.492. The molecule has 0 aromatic carbocycles. The Morgan fingerprint density at radius 2 is 1.61 bits per heavy atom. The summed E-state index contributed by atoms with van der Waals surface area (Å²) in [4.78, 5) is 23.1. The van der Waals surface area contributed by atoms with E-state index in [9.17, 15) is 19.8 Å². The van der Waals surface area contributed by atoms with Gasteiger partial charge in [-0.1, -0.05) is 13.8 Å². The molecule has 8 heteroatoms. The Kier molecular flexibility index (Phi) is 15.0. The van der Waals surface area contributed by atoms with Gasteiger partial charge in [0.15, 0.2) is 0 Å². The molecule has 1 aliphatic rings. The van der Waals surface area contributed by atoms with Gasteiger partial charge in [-0.2, -0.15) is 0 Å². The van der Waals surface area contributed by atoms with Crippen LogP contribution in [0.1, 0.15) is 46.0 Å². The summed E-state index contributed by atoms with van der Waals surface area (Å²) in [5.41, 5.74) is 10.8. The molecule has 0 bridgehead atoms. The maximum absolute atomic E-state index is 10.6. The summed E-state index contributed by atoms with van der Waals surface area (Å²) in [6.07, 6.45) is 2.78. The van der Waals surface area contributed by atoms with E-state index in [2.05, 4.69) is 4.90 Å². The van der Waals surface area contributed by atoms with Crippen LogP contribution in [0.3, 0.4) is 0 Å². The fourth-order valence-corrected chi connectivity index (χ4v) is 2.16. The predicted molar refractivity (Wildman–Crippen MR) is 80.3 cm³/mol. The number of carbonyl (C=O) groups is 2. The number of rotatable bonds is 9. The molecule has 0 spiro atoms. The van der Waals surface area contributed by atoms with Gasteiger partial charge in [0.05, 0.1) is 0 Å². The molecule has 138 valence electrons. The van der Waals surface area contributed by atoms with Crippen LogP contribution in [0.5, 0.6) is 0 Å². The largest absolute Gasteiger partial charge is 2.00 e. The first-order chi connectivity index (χ1) is 10.3. The summed E-state index contributed by atoms with van der Waals surface area (Å²) in [5, 5.41) is 20.9. The van der Waals surface area contributed by atoms with Crippen molar-refractivity contribution in [2.45, 2.75) is 58.0 Å². The Morgan fingerprint density at radius 1 is 1.13 bits per heavy atom. The van der Waals surface area contributed by atoms with E-state index in [1.165, 1.54) is 0 Å². The molecule has 1 rings (SSSR count). The molecule has 3 unspecified atom stereocenters. The smallest absolute Gasteiger partial charge is 0.550 e. The maximum Gasteiger partial charge on any atom is 2.00 e. The van der Waals surface area contributed by atoms with E-state index in [1.54, 1.807) is 0 Å². The molecule has 0 amide bonds. The van der Waals surface area contributed by atoms with Crippen LogP contribution in [0, 0.1) is 5.92 Å². The van der Waals surface area contributed by atoms with E-state index in [0.29, 0.717) is 24.9 Å². The third-order valence-electron chi connectivity index (χ3n) is 4.05. The third-order valence-corrected chi connectivity index (χ3v) is 4.05. The van der Waals surface area contributed by atoms with Crippen LogP contribution >= 0.6 is 0 Å². The summed E-state index contributed by atoms with van der Waals surface area (Å²) in [5.74, 6) is -3.57. The molecule has 0 saturated heterocycles. The molecule has 0 radical (unpaired) electrons. The van der Waals surface area contributed by atoms with Gasteiger partial charge < -0.3 is 36.2 Å². The van der Waals surface area contributed by atoms with Gasteiger partial charge in [0.1, 0.15) is 0 Å². The van der Waals surface area contributed by atoms with E-state index in [-0.39, 0.29) is 21.1 Å². The summed E-state index contributed by atoms with van der Waals surface area (Å²) in [6.45, 7) is 6.66. The van der Waals surface area contributed by atoms with Crippen molar-refractivity contribution in [3.05, 3.63) is 0 Å². The number of carboxylic acid groups (broad SMARTS) is 2. The quantitative estimate of drug-likeness (QED) is 0.368. The maximum atomic E-state index is 10.6. The summed E-state index contributed by atoms with van der Waals surface area (Å²) < 4.78 is 0. The molecule has 0 aliphatic heterocycles. The molecule has 3 atom stereocenters. The molecule has 4 N–H and O–H groups in total. The summed E-state index contributed by atoms with van der Waals surface area (Å²) >= 11 is 0. The zero-order valence-corrected chi connectivity index (χ0v) is 16.2. The van der Waals surface area contributed by atoms with Crippen molar-refractivity contribution >= 4 is 11.9 Å². The number of carboxylic acids is 2. The van der Waals surface area contributed by atoms with Crippen molar-refractivity contribution in [1.29, 1.82) is 0 Å². The topological polar surface area (TPSA) is 136 Å². The second-order valence-electron chi connectivity index (χ2n) is 5.67. The SMILES string of the molecule is CCN(CC)CCCC(CC(=O)[O-])C(=O)[O-].NC1CCC1N.[Pt+2]. The fraction of sp³-hybridized carbons (Fsp3) is 0.867. The summed E-state index contributed by atoms with van der Waals surface area (Å²) in [7, 11) is 0. The minimum absolute atomic E-state index is 0. The van der Waals surface area contributed by atoms with Crippen LogP contribution < -0.4 is 21.7 Å². The van der Waals surface area contributed by atoms with E-state index in [0.717, 1.165) is 32.5 Å². The van der Waals surface area contributed by atoms with E-state index in [1.807, 2.05) is 13.8 Å².